The standard InChI is InChI=1S/C17H19N5O2/c1-10(2)22(3)16-15(12-8-18-19-9-12)20-13-6-5-11(17(23)24-4)7-14(13)21-16/h5-10H,1-4H3,(H,18,19). The van der Waals surface area contributed by atoms with Crippen LogP contribution in [0, 0.1) is 0 Å². The summed E-state index contributed by atoms with van der Waals surface area (Å²) in [6.07, 6.45) is 3.51. The van der Waals surface area contributed by atoms with Crippen molar-refractivity contribution in [1.82, 2.24) is 20.2 Å². The van der Waals surface area contributed by atoms with Crippen LogP contribution in [0.1, 0.15) is 24.2 Å². The lowest BCUT2D eigenvalue weighted by atomic mass is 10.1. The van der Waals surface area contributed by atoms with E-state index in [9.17, 15) is 4.79 Å². The molecule has 1 N–H and O–H groups in total. The number of aromatic amines is 1. The molecule has 0 aliphatic rings. The third-order valence-electron chi connectivity index (χ3n) is 3.95. The summed E-state index contributed by atoms with van der Waals surface area (Å²) in [5.74, 6) is 0.345. The third-order valence-corrected chi connectivity index (χ3v) is 3.95. The van der Waals surface area contributed by atoms with Crippen molar-refractivity contribution >= 4 is 22.8 Å². The molecule has 2 aromatic heterocycles. The molecule has 0 amide bonds. The van der Waals surface area contributed by atoms with Crippen molar-refractivity contribution in [2.45, 2.75) is 19.9 Å². The fourth-order valence-corrected chi connectivity index (χ4v) is 2.35. The van der Waals surface area contributed by atoms with Crippen LogP contribution in [0.4, 0.5) is 5.82 Å². The Balaban J connectivity index is 2.22. The second kappa shape index (κ2) is 6.27. The molecule has 0 fully saturated rings. The number of rotatable bonds is 4. The number of anilines is 1. The van der Waals surface area contributed by atoms with E-state index in [1.165, 1.54) is 7.11 Å². The molecule has 0 bridgehead atoms. The maximum atomic E-state index is 11.7. The van der Waals surface area contributed by atoms with E-state index in [2.05, 4.69) is 24.0 Å². The number of hydrogen-bond acceptors (Lipinski definition) is 6. The van der Waals surface area contributed by atoms with E-state index in [4.69, 9.17) is 14.7 Å². The third kappa shape index (κ3) is 2.80. The molecule has 0 saturated heterocycles. The number of nitrogens with zero attached hydrogens (tertiary/aromatic N) is 4. The Bertz CT molecular complexity index is 874. The van der Waals surface area contributed by atoms with E-state index in [1.54, 1.807) is 30.6 Å². The van der Waals surface area contributed by atoms with Crippen molar-refractivity contribution in [3.8, 4) is 11.3 Å². The molecule has 7 nitrogen and oxygen atoms in total. The van der Waals surface area contributed by atoms with Gasteiger partial charge in [-0.25, -0.2) is 14.8 Å². The van der Waals surface area contributed by atoms with Crippen LogP contribution in [0.25, 0.3) is 22.3 Å². The minimum Gasteiger partial charge on any atom is -0.465 e. The van der Waals surface area contributed by atoms with E-state index >= 15 is 0 Å². The van der Waals surface area contributed by atoms with Crippen molar-refractivity contribution in [2.75, 3.05) is 19.1 Å². The SMILES string of the molecule is COC(=O)c1ccc2nc(-c3cn[nH]c3)c(N(C)C(C)C)nc2c1. The lowest BCUT2D eigenvalue weighted by Crippen LogP contribution is -2.27. The van der Waals surface area contributed by atoms with Gasteiger partial charge in [-0.2, -0.15) is 5.10 Å². The molecule has 0 radical (unpaired) electrons. The average Bonchev–Trinajstić information content (AvgIpc) is 3.13. The van der Waals surface area contributed by atoms with Gasteiger partial charge in [0, 0.05) is 24.8 Å². The number of hydrogen-bond donors (Lipinski definition) is 1. The zero-order chi connectivity index (χ0) is 17.3. The summed E-state index contributed by atoms with van der Waals surface area (Å²) in [5.41, 5.74) is 3.42. The van der Waals surface area contributed by atoms with Gasteiger partial charge >= 0.3 is 5.97 Å². The zero-order valence-electron chi connectivity index (χ0n) is 14.1. The van der Waals surface area contributed by atoms with Crippen molar-refractivity contribution in [2.24, 2.45) is 0 Å². The van der Waals surface area contributed by atoms with Crippen molar-refractivity contribution in [3.05, 3.63) is 36.2 Å². The zero-order valence-corrected chi connectivity index (χ0v) is 14.1. The number of methoxy groups -OCH3 is 1. The molecule has 2 heterocycles. The van der Waals surface area contributed by atoms with Gasteiger partial charge in [-0.05, 0) is 32.0 Å². The number of H-pyrrole nitrogens is 1. The van der Waals surface area contributed by atoms with Gasteiger partial charge in [0.05, 0.1) is 29.9 Å². The van der Waals surface area contributed by atoms with E-state index in [1.807, 2.05) is 11.9 Å². The number of carbonyl (C=O) groups is 1. The monoisotopic (exact) mass is 325 g/mol. The molecular formula is C17H19N5O2. The van der Waals surface area contributed by atoms with Crippen LogP contribution in [0.2, 0.25) is 0 Å². The second-order valence-corrected chi connectivity index (χ2v) is 5.78. The highest BCUT2D eigenvalue weighted by Gasteiger charge is 2.18. The number of ether oxygens (including phenoxy) is 1. The van der Waals surface area contributed by atoms with E-state index in [0.29, 0.717) is 16.6 Å². The molecule has 7 heteroatoms. The van der Waals surface area contributed by atoms with Gasteiger partial charge in [0.15, 0.2) is 5.82 Å². The molecule has 0 aliphatic heterocycles. The van der Waals surface area contributed by atoms with Crippen LogP contribution in [0.15, 0.2) is 30.6 Å². The molecule has 1 aromatic carbocycles. The first-order valence-electron chi connectivity index (χ1n) is 7.63. The lowest BCUT2D eigenvalue weighted by molar-refractivity contribution is 0.0601. The molecule has 3 aromatic rings. The lowest BCUT2D eigenvalue weighted by Gasteiger charge is -2.24. The first-order valence-corrected chi connectivity index (χ1v) is 7.63. The maximum Gasteiger partial charge on any atom is 0.337 e. The van der Waals surface area contributed by atoms with Crippen LogP contribution in [0.3, 0.4) is 0 Å². The Kier molecular flexibility index (Phi) is 4.16. The largest absolute Gasteiger partial charge is 0.465 e. The number of nitrogens with one attached hydrogen (secondary N) is 1. The van der Waals surface area contributed by atoms with Gasteiger partial charge in [-0.1, -0.05) is 0 Å². The van der Waals surface area contributed by atoms with Crippen molar-refractivity contribution in [3.63, 3.8) is 0 Å². The molecule has 0 aliphatic carbocycles. The summed E-state index contributed by atoms with van der Waals surface area (Å²) < 4.78 is 4.77. The summed E-state index contributed by atoms with van der Waals surface area (Å²) in [6.45, 7) is 4.16. The fraction of sp³-hybridized carbons (Fsp3) is 0.294. The van der Waals surface area contributed by atoms with Gasteiger partial charge in [-0.3, -0.25) is 5.10 Å². The van der Waals surface area contributed by atoms with E-state index in [-0.39, 0.29) is 6.04 Å². The molecule has 124 valence electrons. The van der Waals surface area contributed by atoms with Crippen LogP contribution in [-0.2, 0) is 4.74 Å². The highest BCUT2D eigenvalue weighted by atomic mass is 16.5. The molecule has 0 unspecified atom stereocenters. The molecule has 3 rings (SSSR count). The fourth-order valence-electron chi connectivity index (χ4n) is 2.35. The average molecular weight is 325 g/mol. The number of fused-ring (bicyclic) bond motifs is 1. The predicted molar refractivity (Wildman–Crippen MR) is 92.0 cm³/mol. The van der Waals surface area contributed by atoms with Crippen molar-refractivity contribution < 1.29 is 9.53 Å². The maximum absolute atomic E-state index is 11.7. The number of aromatic nitrogens is 4. The smallest absolute Gasteiger partial charge is 0.337 e. The molecule has 0 spiro atoms. The molecule has 0 atom stereocenters. The Morgan fingerprint density at radius 2 is 2.04 bits per heavy atom. The van der Waals surface area contributed by atoms with Gasteiger partial charge in [0.2, 0.25) is 0 Å². The Morgan fingerprint density at radius 3 is 2.67 bits per heavy atom. The van der Waals surface area contributed by atoms with Gasteiger partial charge in [0.25, 0.3) is 0 Å². The van der Waals surface area contributed by atoms with Crippen LogP contribution >= 0.6 is 0 Å². The molecular weight excluding hydrogens is 306 g/mol. The number of esters is 1. The summed E-state index contributed by atoms with van der Waals surface area (Å²) in [7, 11) is 3.33. The van der Waals surface area contributed by atoms with Gasteiger partial charge < -0.3 is 9.64 Å². The second-order valence-electron chi connectivity index (χ2n) is 5.78. The van der Waals surface area contributed by atoms with Crippen molar-refractivity contribution in [1.29, 1.82) is 0 Å². The van der Waals surface area contributed by atoms with Crippen LogP contribution in [0.5, 0.6) is 0 Å². The summed E-state index contributed by atoms with van der Waals surface area (Å²) in [5, 5.41) is 6.81. The highest BCUT2D eigenvalue weighted by Crippen LogP contribution is 2.29. The quantitative estimate of drug-likeness (QED) is 0.742. The minimum absolute atomic E-state index is 0.242. The number of benzene rings is 1. The summed E-state index contributed by atoms with van der Waals surface area (Å²) in [6, 6.07) is 5.40. The first-order chi connectivity index (χ1) is 11.5. The highest BCUT2D eigenvalue weighted by molar-refractivity contribution is 5.94. The summed E-state index contributed by atoms with van der Waals surface area (Å²) in [4.78, 5) is 23.3. The normalized spacial score (nSPS) is 11.0. The topological polar surface area (TPSA) is 84.0 Å². The predicted octanol–water partition coefficient (Wildman–Crippen LogP) is 2.65. The molecule has 0 saturated carbocycles. The number of carbonyl (C=O) groups excluding carboxylic acids is 1. The first kappa shape index (κ1) is 15.9. The van der Waals surface area contributed by atoms with Gasteiger partial charge in [-0.15, -0.1) is 0 Å². The Hall–Kier alpha value is -2.96. The van der Waals surface area contributed by atoms with Gasteiger partial charge in [0.1, 0.15) is 5.69 Å². The van der Waals surface area contributed by atoms with Crippen LogP contribution < -0.4 is 4.90 Å². The van der Waals surface area contributed by atoms with E-state index in [0.717, 1.165) is 17.1 Å². The molecule has 24 heavy (non-hydrogen) atoms. The van der Waals surface area contributed by atoms with E-state index < -0.39 is 5.97 Å². The summed E-state index contributed by atoms with van der Waals surface area (Å²) >= 11 is 0. The Labute approximate surface area is 139 Å². The van der Waals surface area contributed by atoms with Crippen LogP contribution in [-0.4, -0.2) is 46.3 Å². The Morgan fingerprint density at radius 1 is 1.25 bits per heavy atom. The minimum atomic E-state index is -0.392.